The van der Waals surface area contributed by atoms with E-state index < -0.39 is 0 Å². The molecule has 4 nitrogen and oxygen atoms in total. The number of hydrogen-bond acceptors (Lipinski definition) is 4. The quantitative estimate of drug-likeness (QED) is 0.793. The topological polar surface area (TPSA) is 39.7 Å². The van der Waals surface area contributed by atoms with Gasteiger partial charge < -0.3 is 19.5 Å². The third-order valence-corrected chi connectivity index (χ3v) is 3.78. The van der Waals surface area contributed by atoms with Crippen molar-refractivity contribution < 1.29 is 14.2 Å². The van der Waals surface area contributed by atoms with E-state index in [9.17, 15) is 0 Å². The molecule has 1 atom stereocenters. The van der Waals surface area contributed by atoms with E-state index in [1.807, 2.05) is 12.1 Å². The molecule has 0 radical (unpaired) electrons. The van der Waals surface area contributed by atoms with Crippen molar-refractivity contribution >= 4 is 0 Å². The average molecular weight is 279 g/mol. The Morgan fingerprint density at radius 3 is 2.15 bits per heavy atom. The van der Waals surface area contributed by atoms with Crippen LogP contribution in [0.25, 0.3) is 0 Å². The van der Waals surface area contributed by atoms with Gasteiger partial charge in [0, 0.05) is 17.7 Å². The zero-order valence-electron chi connectivity index (χ0n) is 12.9. The van der Waals surface area contributed by atoms with Gasteiger partial charge >= 0.3 is 0 Å². The largest absolute Gasteiger partial charge is 0.496 e. The second-order valence-corrected chi connectivity index (χ2v) is 5.22. The minimum atomic E-state index is 0.338. The summed E-state index contributed by atoms with van der Waals surface area (Å²) >= 11 is 0. The molecule has 1 unspecified atom stereocenters. The van der Waals surface area contributed by atoms with Gasteiger partial charge in [0.2, 0.25) is 0 Å². The second-order valence-electron chi connectivity index (χ2n) is 5.22. The first-order chi connectivity index (χ1) is 9.74. The Morgan fingerprint density at radius 1 is 1.05 bits per heavy atom. The first-order valence-electron chi connectivity index (χ1n) is 7.28. The van der Waals surface area contributed by atoms with Crippen molar-refractivity contribution in [1.29, 1.82) is 0 Å². The first-order valence-corrected chi connectivity index (χ1v) is 7.28. The van der Waals surface area contributed by atoms with Gasteiger partial charge in [0.05, 0.1) is 21.3 Å². The molecule has 1 aliphatic carbocycles. The fraction of sp³-hybridized carbons (Fsp3) is 0.625. The third kappa shape index (κ3) is 3.18. The lowest BCUT2D eigenvalue weighted by Crippen LogP contribution is -2.24. The molecule has 112 valence electrons. The van der Waals surface area contributed by atoms with Gasteiger partial charge in [-0.25, -0.2) is 0 Å². The van der Waals surface area contributed by atoms with E-state index in [4.69, 9.17) is 14.2 Å². The number of nitrogens with one attached hydrogen (secondary N) is 1. The van der Waals surface area contributed by atoms with Crippen LogP contribution in [0, 0.1) is 5.92 Å². The zero-order valence-corrected chi connectivity index (χ0v) is 12.9. The van der Waals surface area contributed by atoms with E-state index >= 15 is 0 Å². The molecular formula is C16H25NO3. The highest BCUT2D eigenvalue weighted by Gasteiger charge is 2.34. The molecule has 0 bridgehead atoms. The van der Waals surface area contributed by atoms with Gasteiger partial charge in [0.15, 0.2) is 11.5 Å². The van der Waals surface area contributed by atoms with Crippen LogP contribution in [-0.4, -0.2) is 27.9 Å². The summed E-state index contributed by atoms with van der Waals surface area (Å²) in [6, 6.07) is 4.30. The van der Waals surface area contributed by atoms with Crippen LogP contribution < -0.4 is 19.5 Å². The second kappa shape index (κ2) is 6.84. The summed E-state index contributed by atoms with van der Waals surface area (Å²) in [6.45, 7) is 3.20. The summed E-state index contributed by atoms with van der Waals surface area (Å²) in [4.78, 5) is 0. The average Bonchev–Trinajstić information content (AvgIpc) is 3.31. The minimum absolute atomic E-state index is 0.338. The van der Waals surface area contributed by atoms with Crippen molar-refractivity contribution in [2.24, 2.45) is 5.92 Å². The van der Waals surface area contributed by atoms with E-state index in [0.717, 1.165) is 24.5 Å². The normalized spacial score (nSPS) is 15.8. The summed E-state index contributed by atoms with van der Waals surface area (Å²) in [5, 5.41) is 3.63. The molecule has 0 amide bonds. The molecule has 1 aromatic rings. The Bertz CT molecular complexity index is 444. The molecule has 2 rings (SSSR count). The Morgan fingerprint density at radius 2 is 1.65 bits per heavy atom. The van der Waals surface area contributed by atoms with Gasteiger partial charge in [-0.05, 0) is 37.8 Å². The van der Waals surface area contributed by atoms with E-state index in [1.165, 1.54) is 18.4 Å². The minimum Gasteiger partial charge on any atom is -0.496 e. The van der Waals surface area contributed by atoms with Crippen molar-refractivity contribution in [2.45, 2.75) is 32.2 Å². The van der Waals surface area contributed by atoms with Crippen molar-refractivity contribution in [3.8, 4) is 17.2 Å². The van der Waals surface area contributed by atoms with Crippen molar-refractivity contribution in [2.75, 3.05) is 27.9 Å². The Balaban J connectivity index is 2.35. The standard InChI is InChI=1S/C16H25NO3/c1-5-8-17-16(11-6-7-11)12-9-14(19-3)15(20-4)10-13(12)18-2/h9-11,16-17H,5-8H2,1-4H3. The van der Waals surface area contributed by atoms with E-state index in [0.29, 0.717) is 17.7 Å². The molecule has 0 aliphatic heterocycles. The van der Waals surface area contributed by atoms with Crippen LogP contribution in [0.1, 0.15) is 37.8 Å². The molecule has 1 fully saturated rings. The number of hydrogen-bond donors (Lipinski definition) is 1. The van der Waals surface area contributed by atoms with Gasteiger partial charge in [0.1, 0.15) is 5.75 Å². The highest BCUT2D eigenvalue weighted by molar-refractivity contribution is 5.52. The van der Waals surface area contributed by atoms with Gasteiger partial charge in [0.25, 0.3) is 0 Å². The van der Waals surface area contributed by atoms with Gasteiger partial charge in [-0.15, -0.1) is 0 Å². The molecule has 1 aliphatic rings. The molecule has 4 heteroatoms. The molecule has 1 aromatic carbocycles. The molecule has 0 saturated heterocycles. The van der Waals surface area contributed by atoms with E-state index in [2.05, 4.69) is 12.2 Å². The summed E-state index contributed by atoms with van der Waals surface area (Å²) < 4.78 is 16.3. The number of benzene rings is 1. The summed E-state index contributed by atoms with van der Waals surface area (Å²) in [6.07, 6.45) is 3.68. The fourth-order valence-electron chi connectivity index (χ4n) is 2.56. The third-order valence-electron chi connectivity index (χ3n) is 3.78. The highest BCUT2D eigenvalue weighted by atomic mass is 16.5. The first kappa shape index (κ1) is 15.0. The van der Waals surface area contributed by atoms with Crippen LogP contribution in [0.3, 0.4) is 0 Å². The lowest BCUT2D eigenvalue weighted by molar-refractivity contribution is 0.343. The molecule has 0 heterocycles. The van der Waals surface area contributed by atoms with E-state index in [-0.39, 0.29) is 0 Å². The maximum atomic E-state index is 5.55. The molecule has 1 N–H and O–H groups in total. The molecule has 1 saturated carbocycles. The summed E-state index contributed by atoms with van der Waals surface area (Å²) in [7, 11) is 5.01. The Hall–Kier alpha value is -1.42. The van der Waals surface area contributed by atoms with Crippen LogP contribution in [0.5, 0.6) is 17.2 Å². The van der Waals surface area contributed by atoms with Crippen molar-refractivity contribution in [1.82, 2.24) is 5.32 Å². The van der Waals surface area contributed by atoms with Crippen LogP contribution in [0.2, 0.25) is 0 Å². The van der Waals surface area contributed by atoms with E-state index in [1.54, 1.807) is 21.3 Å². The van der Waals surface area contributed by atoms with Crippen LogP contribution in [0.4, 0.5) is 0 Å². The van der Waals surface area contributed by atoms with Gasteiger partial charge in [-0.3, -0.25) is 0 Å². The molecule has 20 heavy (non-hydrogen) atoms. The van der Waals surface area contributed by atoms with Crippen LogP contribution >= 0.6 is 0 Å². The number of ether oxygens (including phenoxy) is 3. The predicted molar refractivity (Wildman–Crippen MR) is 79.9 cm³/mol. The summed E-state index contributed by atoms with van der Waals surface area (Å²) in [5.41, 5.74) is 1.17. The van der Waals surface area contributed by atoms with Crippen molar-refractivity contribution in [3.05, 3.63) is 17.7 Å². The Labute approximate surface area is 121 Å². The van der Waals surface area contributed by atoms with Crippen molar-refractivity contribution in [3.63, 3.8) is 0 Å². The lowest BCUT2D eigenvalue weighted by Gasteiger charge is -2.22. The smallest absolute Gasteiger partial charge is 0.164 e. The highest BCUT2D eigenvalue weighted by Crippen LogP contribution is 2.46. The van der Waals surface area contributed by atoms with Crippen LogP contribution in [-0.2, 0) is 0 Å². The zero-order chi connectivity index (χ0) is 14.5. The maximum Gasteiger partial charge on any atom is 0.164 e. The monoisotopic (exact) mass is 279 g/mol. The SMILES string of the molecule is CCCNC(c1cc(OC)c(OC)cc1OC)C1CC1. The number of rotatable bonds is 8. The molecule has 0 spiro atoms. The van der Waals surface area contributed by atoms with Crippen LogP contribution in [0.15, 0.2) is 12.1 Å². The molecular weight excluding hydrogens is 254 g/mol. The Kier molecular flexibility index (Phi) is 5.12. The maximum absolute atomic E-state index is 5.55. The number of methoxy groups -OCH3 is 3. The van der Waals surface area contributed by atoms with Gasteiger partial charge in [-0.2, -0.15) is 0 Å². The lowest BCUT2D eigenvalue weighted by atomic mass is 10.00. The van der Waals surface area contributed by atoms with Gasteiger partial charge in [-0.1, -0.05) is 6.92 Å². The molecule has 0 aromatic heterocycles. The predicted octanol–water partition coefficient (Wildman–Crippen LogP) is 3.16. The fourth-order valence-corrected chi connectivity index (χ4v) is 2.56. The summed E-state index contributed by atoms with van der Waals surface area (Å²) in [5.74, 6) is 3.03.